The molecule has 1 atom stereocenters. The van der Waals surface area contributed by atoms with E-state index >= 15 is 0 Å². The standard InChI is InChI=1S/C17H16Cl2N4S.H3N/c1-11-5-7-22(10-11)17-21-9-14(16-20-6-8-23(16)17)24-13-4-2-3-12(18)15(13)19;/h2-4,6,8-9,11H,5,7,10H2,1H3;1H3. The van der Waals surface area contributed by atoms with Crippen LogP contribution in [0.15, 0.2) is 46.6 Å². The van der Waals surface area contributed by atoms with Crippen LogP contribution < -0.4 is 11.1 Å². The molecule has 2 aromatic heterocycles. The molecule has 1 aliphatic heterocycles. The van der Waals surface area contributed by atoms with E-state index in [1.165, 1.54) is 18.2 Å². The molecule has 132 valence electrons. The zero-order chi connectivity index (χ0) is 16.7. The lowest BCUT2D eigenvalue weighted by Gasteiger charge is -2.19. The molecule has 0 bridgehead atoms. The fraction of sp³-hybridized carbons (Fsp3) is 0.294. The molecule has 25 heavy (non-hydrogen) atoms. The minimum atomic E-state index is 0. The second-order valence-corrected chi connectivity index (χ2v) is 7.91. The molecule has 1 saturated heterocycles. The summed E-state index contributed by atoms with van der Waals surface area (Å²) in [4.78, 5) is 13.4. The average Bonchev–Trinajstić information content (AvgIpc) is 3.21. The topological polar surface area (TPSA) is 68.4 Å². The average molecular weight is 396 g/mol. The van der Waals surface area contributed by atoms with Crippen molar-refractivity contribution in [1.82, 2.24) is 20.5 Å². The first kappa shape index (κ1) is 18.3. The van der Waals surface area contributed by atoms with Crippen LogP contribution >= 0.6 is 35.0 Å². The summed E-state index contributed by atoms with van der Waals surface area (Å²) in [5.41, 5.74) is 0.889. The number of anilines is 1. The van der Waals surface area contributed by atoms with E-state index in [4.69, 9.17) is 28.2 Å². The molecule has 0 aliphatic carbocycles. The van der Waals surface area contributed by atoms with Crippen LogP contribution in [0.5, 0.6) is 0 Å². The predicted octanol–water partition coefficient (Wildman–Crippen LogP) is 5.20. The Hall–Kier alpha value is -1.47. The number of halogens is 2. The van der Waals surface area contributed by atoms with Crippen molar-refractivity contribution in [3.05, 3.63) is 46.8 Å². The number of aromatic nitrogens is 3. The van der Waals surface area contributed by atoms with Gasteiger partial charge in [-0.1, -0.05) is 48.0 Å². The highest BCUT2D eigenvalue weighted by atomic mass is 35.5. The van der Waals surface area contributed by atoms with Crippen molar-refractivity contribution in [1.29, 1.82) is 0 Å². The van der Waals surface area contributed by atoms with Crippen LogP contribution in [-0.4, -0.2) is 27.5 Å². The smallest absolute Gasteiger partial charge is 0.211 e. The van der Waals surface area contributed by atoms with Crippen LogP contribution in [0.25, 0.3) is 5.65 Å². The van der Waals surface area contributed by atoms with E-state index in [1.54, 1.807) is 6.07 Å². The Morgan fingerprint density at radius 2 is 2.04 bits per heavy atom. The molecule has 4 rings (SSSR count). The minimum Gasteiger partial charge on any atom is -0.344 e. The quantitative estimate of drug-likeness (QED) is 0.659. The van der Waals surface area contributed by atoms with E-state index in [9.17, 15) is 0 Å². The van der Waals surface area contributed by atoms with Gasteiger partial charge in [0.2, 0.25) is 5.95 Å². The maximum atomic E-state index is 6.31. The minimum absolute atomic E-state index is 0. The lowest BCUT2D eigenvalue weighted by molar-refractivity contribution is 0.657. The van der Waals surface area contributed by atoms with E-state index in [-0.39, 0.29) is 6.15 Å². The highest BCUT2D eigenvalue weighted by molar-refractivity contribution is 7.99. The van der Waals surface area contributed by atoms with Crippen LogP contribution in [0.2, 0.25) is 10.0 Å². The zero-order valence-electron chi connectivity index (χ0n) is 13.8. The molecule has 3 aromatic rings. The van der Waals surface area contributed by atoms with Crippen molar-refractivity contribution in [2.24, 2.45) is 5.92 Å². The largest absolute Gasteiger partial charge is 0.344 e. The second kappa shape index (κ2) is 7.41. The van der Waals surface area contributed by atoms with Crippen molar-refractivity contribution in [2.45, 2.75) is 23.1 Å². The summed E-state index contributed by atoms with van der Waals surface area (Å²) >= 11 is 14.0. The third kappa shape index (κ3) is 3.44. The Morgan fingerprint density at radius 1 is 1.20 bits per heavy atom. The van der Waals surface area contributed by atoms with Gasteiger partial charge in [-0.3, -0.25) is 4.40 Å². The molecule has 0 amide bonds. The Balaban J connectivity index is 0.00000182. The van der Waals surface area contributed by atoms with Gasteiger partial charge in [-0.15, -0.1) is 0 Å². The van der Waals surface area contributed by atoms with Gasteiger partial charge < -0.3 is 11.1 Å². The van der Waals surface area contributed by atoms with Gasteiger partial charge in [0.1, 0.15) is 0 Å². The van der Waals surface area contributed by atoms with Crippen molar-refractivity contribution in [3.63, 3.8) is 0 Å². The molecule has 0 spiro atoms. The Morgan fingerprint density at radius 3 is 2.80 bits per heavy atom. The summed E-state index contributed by atoms with van der Waals surface area (Å²) in [7, 11) is 0. The molecule has 3 N–H and O–H groups in total. The monoisotopic (exact) mass is 395 g/mol. The van der Waals surface area contributed by atoms with Crippen LogP contribution in [0, 0.1) is 5.92 Å². The molecular weight excluding hydrogens is 377 g/mol. The Labute approximate surface area is 160 Å². The van der Waals surface area contributed by atoms with E-state index in [0.717, 1.165) is 34.5 Å². The summed E-state index contributed by atoms with van der Waals surface area (Å²) in [5.74, 6) is 1.65. The first-order chi connectivity index (χ1) is 11.6. The van der Waals surface area contributed by atoms with Gasteiger partial charge in [0.05, 0.1) is 14.9 Å². The highest BCUT2D eigenvalue weighted by Gasteiger charge is 2.23. The van der Waals surface area contributed by atoms with Crippen molar-refractivity contribution < 1.29 is 0 Å². The van der Waals surface area contributed by atoms with Gasteiger partial charge in [-0.2, -0.15) is 0 Å². The molecule has 0 saturated carbocycles. The van der Waals surface area contributed by atoms with Gasteiger partial charge in [0.15, 0.2) is 5.65 Å². The normalized spacial score (nSPS) is 17.1. The van der Waals surface area contributed by atoms with Gasteiger partial charge in [0.25, 0.3) is 0 Å². The summed E-state index contributed by atoms with van der Waals surface area (Å²) in [6.45, 7) is 4.34. The maximum Gasteiger partial charge on any atom is 0.211 e. The molecule has 3 heterocycles. The molecule has 1 unspecified atom stereocenters. The zero-order valence-corrected chi connectivity index (χ0v) is 16.2. The van der Waals surface area contributed by atoms with Crippen LogP contribution in [0.1, 0.15) is 13.3 Å². The number of hydrogen-bond acceptors (Lipinski definition) is 5. The van der Waals surface area contributed by atoms with Gasteiger partial charge >= 0.3 is 0 Å². The molecular formula is C17H19Cl2N5S. The molecule has 5 nitrogen and oxygen atoms in total. The van der Waals surface area contributed by atoms with E-state index in [1.807, 2.05) is 30.7 Å². The highest BCUT2D eigenvalue weighted by Crippen LogP contribution is 2.38. The molecule has 8 heteroatoms. The SMILES string of the molecule is CC1CCN(c2ncc(Sc3cccc(Cl)c3Cl)c3nccn23)C1.N. The van der Waals surface area contributed by atoms with E-state index in [0.29, 0.717) is 16.0 Å². The fourth-order valence-electron chi connectivity index (χ4n) is 2.99. The van der Waals surface area contributed by atoms with E-state index < -0.39 is 0 Å². The third-order valence-corrected chi connectivity index (χ3v) is 6.22. The molecule has 1 aliphatic rings. The van der Waals surface area contributed by atoms with Crippen molar-refractivity contribution >= 4 is 46.6 Å². The molecule has 0 radical (unpaired) electrons. The first-order valence-electron chi connectivity index (χ1n) is 7.82. The van der Waals surface area contributed by atoms with Gasteiger partial charge in [-0.25, -0.2) is 9.97 Å². The molecule has 1 fully saturated rings. The summed E-state index contributed by atoms with van der Waals surface area (Å²) in [5, 5.41) is 1.11. The van der Waals surface area contributed by atoms with Gasteiger partial charge in [0, 0.05) is 36.6 Å². The number of fused-ring (bicyclic) bond motifs is 1. The number of imidazole rings is 1. The van der Waals surface area contributed by atoms with Crippen molar-refractivity contribution in [3.8, 4) is 0 Å². The number of rotatable bonds is 3. The van der Waals surface area contributed by atoms with Crippen LogP contribution in [0.3, 0.4) is 0 Å². The first-order valence-corrected chi connectivity index (χ1v) is 9.39. The lowest BCUT2D eigenvalue weighted by Crippen LogP contribution is -2.23. The number of nitrogens with zero attached hydrogens (tertiary/aromatic N) is 4. The summed E-state index contributed by atoms with van der Waals surface area (Å²) in [6, 6.07) is 5.63. The van der Waals surface area contributed by atoms with E-state index in [2.05, 4.69) is 21.2 Å². The van der Waals surface area contributed by atoms with Crippen molar-refractivity contribution in [2.75, 3.05) is 18.0 Å². The third-order valence-electron chi connectivity index (χ3n) is 4.22. The Bertz CT molecular complexity index is 898. The molecule has 1 aromatic carbocycles. The van der Waals surface area contributed by atoms with Crippen LogP contribution in [-0.2, 0) is 0 Å². The summed E-state index contributed by atoms with van der Waals surface area (Å²) < 4.78 is 2.05. The Kier molecular flexibility index (Phi) is 5.43. The number of hydrogen-bond donors (Lipinski definition) is 1. The number of benzene rings is 1. The van der Waals surface area contributed by atoms with Gasteiger partial charge in [-0.05, 0) is 24.5 Å². The summed E-state index contributed by atoms with van der Waals surface area (Å²) in [6.07, 6.45) is 6.85. The maximum absolute atomic E-state index is 6.31. The second-order valence-electron chi connectivity index (χ2n) is 6.04. The lowest BCUT2D eigenvalue weighted by atomic mass is 10.2. The predicted molar refractivity (Wildman–Crippen MR) is 105 cm³/mol. The van der Waals surface area contributed by atoms with Crippen LogP contribution in [0.4, 0.5) is 5.95 Å². The fourth-order valence-corrected chi connectivity index (χ4v) is 4.39.